The van der Waals surface area contributed by atoms with E-state index in [1.165, 1.54) is 0 Å². The van der Waals surface area contributed by atoms with Crippen molar-refractivity contribution in [2.45, 2.75) is 18.7 Å². The highest BCUT2D eigenvalue weighted by atomic mass is 19.4. The summed E-state index contributed by atoms with van der Waals surface area (Å²) in [4.78, 5) is 0. The van der Waals surface area contributed by atoms with E-state index in [-0.39, 0.29) is 0 Å². The Labute approximate surface area is 45.1 Å². The molecule has 0 saturated carbocycles. The molecule has 1 nitrogen and oxygen atoms in total. The van der Waals surface area contributed by atoms with E-state index in [1.54, 1.807) is 0 Å². The lowest BCUT2D eigenvalue weighted by molar-refractivity contribution is -0.233. The first kappa shape index (κ1) is 7.75. The van der Waals surface area contributed by atoms with Gasteiger partial charge in [0.2, 0.25) is 0 Å². The SMILES string of the molecule is [CH]C(C)(O)C(F)(F)F. The average molecular weight is 126 g/mol. The van der Waals surface area contributed by atoms with Crippen molar-refractivity contribution in [3.63, 3.8) is 0 Å². The molecule has 1 atom stereocenters. The second kappa shape index (κ2) is 1.62. The number of aliphatic hydroxyl groups is 1. The van der Waals surface area contributed by atoms with Gasteiger partial charge in [-0.1, -0.05) is 0 Å². The van der Waals surface area contributed by atoms with Crippen LogP contribution in [0.25, 0.3) is 0 Å². The van der Waals surface area contributed by atoms with Gasteiger partial charge < -0.3 is 5.11 Å². The Hall–Kier alpha value is -0.250. The standard InChI is InChI=1S/C4H5F3O/c1-3(2,8)4(5,6)7/h1,8H,2H3. The Kier molecular flexibility index (Phi) is 1.57. The minimum atomic E-state index is -4.73. The Morgan fingerprint density at radius 1 is 1.38 bits per heavy atom. The topological polar surface area (TPSA) is 20.2 Å². The fourth-order valence-electron chi connectivity index (χ4n) is 0. The molecule has 0 spiro atoms. The molecule has 48 valence electrons. The van der Waals surface area contributed by atoms with Gasteiger partial charge in [0.1, 0.15) is 0 Å². The molecule has 0 rings (SSSR count). The second-order valence-corrected chi connectivity index (χ2v) is 1.65. The highest BCUT2D eigenvalue weighted by molar-refractivity contribution is 4.83. The van der Waals surface area contributed by atoms with Gasteiger partial charge in [0.15, 0.2) is 5.60 Å². The summed E-state index contributed by atoms with van der Waals surface area (Å²) in [7, 11) is 0. The van der Waals surface area contributed by atoms with E-state index in [0.717, 1.165) is 0 Å². The van der Waals surface area contributed by atoms with Crippen LogP contribution in [0.5, 0.6) is 0 Å². The first-order valence-electron chi connectivity index (χ1n) is 1.83. The molecule has 0 heterocycles. The molecule has 0 aliphatic rings. The van der Waals surface area contributed by atoms with E-state index in [4.69, 9.17) is 5.11 Å². The van der Waals surface area contributed by atoms with Crippen LogP contribution in [0, 0.1) is 6.92 Å². The van der Waals surface area contributed by atoms with Crippen molar-refractivity contribution in [1.29, 1.82) is 0 Å². The maximum atomic E-state index is 11.2. The van der Waals surface area contributed by atoms with Gasteiger partial charge in [0, 0.05) is 6.92 Å². The molecule has 4 heteroatoms. The molecule has 0 aromatic carbocycles. The number of halogens is 3. The van der Waals surface area contributed by atoms with Gasteiger partial charge in [-0.25, -0.2) is 0 Å². The van der Waals surface area contributed by atoms with Crippen LogP contribution < -0.4 is 0 Å². The monoisotopic (exact) mass is 126 g/mol. The number of alkyl halides is 3. The van der Waals surface area contributed by atoms with Crippen molar-refractivity contribution in [1.82, 2.24) is 0 Å². The lowest BCUT2D eigenvalue weighted by atomic mass is 10.1. The summed E-state index contributed by atoms with van der Waals surface area (Å²) in [6, 6.07) is 0. The number of rotatable bonds is 0. The fraction of sp³-hybridized carbons (Fsp3) is 0.750. The highest BCUT2D eigenvalue weighted by Gasteiger charge is 2.45. The predicted molar refractivity (Wildman–Crippen MR) is 21.0 cm³/mol. The largest absolute Gasteiger partial charge is 0.417 e. The summed E-state index contributed by atoms with van der Waals surface area (Å²) in [5.41, 5.74) is -3.06. The maximum absolute atomic E-state index is 11.2. The van der Waals surface area contributed by atoms with Crippen LogP contribution in [0.2, 0.25) is 0 Å². The molecule has 0 saturated heterocycles. The predicted octanol–water partition coefficient (Wildman–Crippen LogP) is 1.01. The molecular formula is C4H5F3O. The lowest BCUT2D eigenvalue weighted by Crippen LogP contribution is -2.38. The molecule has 1 N–H and O–H groups in total. The third kappa shape index (κ3) is 1.69. The Morgan fingerprint density at radius 2 is 1.50 bits per heavy atom. The summed E-state index contributed by atoms with van der Waals surface area (Å²) in [5.74, 6) is 0. The normalized spacial score (nSPS) is 14.2. The minimum absolute atomic E-state index is 0.479. The first-order valence-corrected chi connectivity index (χ1v) is 1.83. The van der Waals surface area contributed by atoms with Crippen molar-refractivity contribution in [2.24, 2.45) is 0 Å². The van der Waals surface area contributed by atoms with Gasteiger partial charge in [-0.05, 0) is 6.92 Å². The van der Waals surface area contributed by atoms with E-state index in [1.807, 2.05) is 0 Å². The zero-order chi connectivity index (χ0) is 7.00. The van der Waals surface area contributed by atoms with Crippen molar-refractivity contribution in [3.8, 4) is 0 Å². The van der Waals surface area contributed by atoms with Crippen molar-refractivity contribution in [2.75, 3.05) is 0 Å². The fourth-order valence-corrected chi connectivity index (χ4v) is 0. The molecule has 0 amide bonds. The van der Waals surface area contributed by atoms with E-state index in [0.29, 0.717) is 6.92 Å². The number of hydrogen-bond donors (Lipinski definition) is 1. The summed E-state index contributed by atoms with van der Waals surface area (Å²) in [6.07, 6.45) is -4.73. The molecule has 1 unspecified atom stereocenters. The third-order valence-corrected chi connectivity index (χ3v) is 0.574. The van der Waals surface area contributed by atoms with Crippen molar-refractivity contribution < 1.29 is 18.3 Å². The second-order valence-electron chi connectivity index (χ2n) is 1.65. The first-order chi connectivity index (χ1) is 3.25. The minimum Gasteiger partial charge on any atom is -0.380 e. The van der Waals surface area contributed by atoms with Gasteiger partial charge >= 0.3 is 6.18 Å². The van der Waals surface area contributed by atoms with Crippen molar-refractivity contribution in [3.05, 3.63) is 6.92 Å². The molecule has 0 aromatic heterocycles. The smallest absolute Gasteiger partial charge is 0.380 e. The molecule has 0 aliphatic heterocycles. The summed E-state index contributed by atoms with van der Waals surface area (Å²) in [6.45, 7) is 4.72. The summed E-state index contributed by atoms with van der Waals surface area (Å²) in [5, 5.41) is 8.01. The van der Waals surface area contributed by atoms with Gasteiger partial charge in [0.25, 0.3) is 0 Å². The van der Waals surface area contributed by atoms with Crippen LogP contribution in [0.1, 0.15) is 6.92 Å². The van der Waals surface area contributed by atoms with E-state index in [9.17, 15) is 13.2 Å². The van der Waals surface area contributed by atoms with Gasteiger partial charge in [0.05, 0.1) is 0 Å². The van der Waals surface area contributed by atoms with E-state index in [2.05, 4.69) is 6.92 Å². The Bertz CT molecular complexity index is 66.3. The van der Waals surface area contributed by atoms with Gasteiger partial charge in [-0.3, -0.25) is 0 Å². The molecule has 0 aromatic rings. The maximum Gasteiger partial charge on any atom is 0.417 e. The molecule has 0 bridgehead atoms. The molecule has 0 aliphatic carbocycles. The van der Waals surface area contributed by atoms with Crippen LogP contribution in [0.15, 0.2) is 0 Å². The molecule has 8 heavy (non-hydrogen) atoms. The van der Waals surface area contributed by atoms with Crippen LogP contribution >= 0.6 is 0 Å². The molecule has 2 radical (unpaired) electrons. The Morgan fingerprint density at radius 3 is 1.50 bits per heavy atom. The zero-order valence-electron chi connectivity index (χ0n) is 4.16. The molecular weight excluding hydrogens is 121 g/mol. The van der Waals surface area contributed by atoms with Gasteiger partial charge in [-0.15, -0.1) is 0 Å². The van der Waals surface area contributed by atoms with E-state index >= 15 is 0 Å². The third-order valence-electron chi connectivity index (χ3n) is 0.574. The average Bonchev–Trinajstić information content (AvgIpc) is 1.25. The van der Waals surface area contributed by atoms with Crippen LogP contribution in [-0.2, 0) is 0 Å². The molecule has 0 fully saturated rings. The highest BCUT2D eigenvalue weighted by Crippen LogP contribution is 2.28. The van der Waals surface area contributed by atoms with E-state index < -0.39 is 11.8 Å². The quantitative estimate of drug-likeness (QED) is 0.513. The number of hydrogen-bond acceptors (Lipinski definition) is 1. The van der Waals surface area contributed by atoms with Crippen LogP contribution in [-0.4, -0.2) is 16.9 Å². The van der Waals surface area contributed by atoms with Crippen LogP contribution in [0.4, 0.5) is 13.2 Å². The Balaban J connectivity index is 4.02. The zero-order valence-corrected chi connectivity index (χ0v) is 4.16. The van der Waals surface area contributed by atoms with Crippen molar-refractivity contribution >= 4 is 0 Å². The lowest BCUT2D eigenvalue weighted by Gasteiger charge is -2.19. The summed E-state index contributed by atoms with van der Waals surface area (Å²) < 4.78 is 33.6. The van der Waals surface area contributed by atoms with Crippen LogP contribution in [0.3, 0.4) is 0 Å². The van der Waals surface area contributed by atoms with Gasteiger partial charge in [-0.2, -0.15) is 13.2 Å². The summed E-state index contributed by atoms with van der Waals surface area (Å²) >= 11 is 0.